The lowest BCUT2D eigenvalue weighted by atomic mass is 10.0. The molecule has 4 atom stereocenters. The van der Waals surface area contributed by atoms with Crippen LogP contribution in [0.2, 0.25) is 0 Å². The highest BCUT2D eigenvalue weighted by molar-refractivity contribution is 7.98. The van der Waals surface area contributed by atoms with Crippen molar-refractivity contribution < 1.29 is 24.0 Å². The summed E-state index contributed by atoms with van der Waals surface area (Å²) in [7, 11) is 0. The number of nitrogens with one attached hydrogen (secondary N) is 4. The predicted octanol–water partition coefficient (Wildman–Crippen LogP) is 1.15. The van der Waals surface area contributed by atoms with Gasteiger partial charge in [-0.15, -0.1) is 0 Å². The highest BCUT2D eigenvalue weighted by atomic mass is 32.2. The van der Waals surface area contributed by atoms with Crippen LogP contribution in [0, 0.1) is 5.92 Å². The Kier molecular flexibility index (Phi) is 12.3. The Hall–Kier alpha value is -3.93. The number of hydrogen-bond acceptors (Lipinski definition) is 7. The van der Waals surface area contributed by atoms with Gasteiger partial charge in [0.05, 0.1) is 18.2 Å². The second kappa shape index (κ2) is 15.9. The normalized spacial score (nSPS) is 22.7. The van der Waals surface area contributed by atoms with Gasteiger partial charge in [0.2, 0.25) is 23.6 Å². The van der Waals surface area contributed by atoms with Crippen LogP contribution in [-0.4, -0.2) is 88.7 Å². The lowest BCUT2D eigenvalue weighted by Crippen LogP contribution is -2.57. The van der Waals surface area contributed by atoms with Crippen molar-refractivity contribution in [2.45, 2.75) is 57.8 Å². The first-order valence-corrected chi connectivity index (χ1v) is 15.4. The van der Waals surface area contributed by atoms with Crippen molar-refractivity contribution in [3.05, 3.63) is 66.0 Å². The van der Waals surface area contributed by atoms with E-state index in [0.29, 0.717) is 18.6 Å². The van der Waals surface area contributed by atoms with Crippen molar-refractivity contribution in [3.8, 4) is 0 Å². The molecule has 2 aromatic rings. The van der Waals surface area contributed by atoms with Gasteiger partial charge in [-0.25, -0.2) is 0 Å². The summed E-state index contributed by atoms with van der Waals surface area (Å²) in [5.41, 5.74) is 1.20. The van der Waals surface area contributed by atoms with Gasteiger partial charge in [-0.1, -0.05) is 44.2 Å². The Morgan fingerprint density at radius 1 is 0.976 bits per heavy atom. The first-order chi connectivity index (χ1) is 20.1. The number of aromatic nitrogens is 1. The van der Waals surface area contributed by atoms with Crippen LogP contribution in [0.4, 0.5) is 0 Å². The number of pyridine rings is 1. The van der Waals surface area contributed by atoms with Gasteiger partial charge in [-0.05, 0) is 55.4 Å². The van der Waals surface area contributed by atoms with Crippen LogP contribution in [0.3, 0.4) is 0 Å². The predicted molar refractivity (Wildman–Crippen MR) is 162 cm³/mol. The molecule has 0 aliphatic carbocycles. The van der Waals surface area contributed by atoms with E-state index in [1.807, 2.05) is 36.6 Å². The van der Waals surface area contributed by atoms with Gasteiger partial charge >= 0.3 is 0 Å². The molecule has 11 nitrogen and oxygen atoms in total. The molecule has 3 rings (SSSR count). The van der Waals surface area contributed by atoms with Crippen LogP contribution in [0.1, 0.15) is 43.1 Å². The molecule has 1 aromatic carbocycles. The van der Waals surface area contributed by atoms with E-state index in [4.69, 9.17) is 0 Å². The second-order valence-electron chi connectivity index (χ2n) is 10.7. The minimum Gasteiger partial charge on any atom is -0.349 e. The molecule has 0 unspecified atom stereocenters. The maximum atomic E-state index is 13.6. The lowest BCUT2D eigenvalue weighted by Gasteiger charge is -2.29. The molecule has 226 valence electrons. The van der Waals surface area contributed by atoms with E-state index in [0.717, 1.165) is 5.56 Å². The number of benzene rings is 1. The highest BCUT2D eigenvalue weighted by Crippen LogP contribution is 2.11. The van der Waals surface area contributed by atoms with Crippen LogP contribution < -0.4 is 21.3 Å². The fourth-order valence-electron chi connectivity index (χ4n) is 4.62. The van der Waals surface area contributed by atoms with Gasteiger partial charge in [-0.2, -0.15) is 11.8 Å². The monoisotopic (exact) mass is 596 g/mol. The van der Waals surface area contributed by atoms with Crippen molar-refractivity contribution >= 4 is 41.3 Å². The third-order valence-corrected chi connectivity index (χ3v) is 7.55. The summed E-state index contributed by atoms with van der Waals surface area (Å²) in [6, 6.07) is 9.34. The molecule has 5 amide bonds. The number of hydrogen-bond donors (Lipinski definition) is 4. The van der Waals surface area contributed by atoms with Gasteiger partial charge in [0, 0.05) is 18.9 Å². The molecule has 0 spiro atoms. The first kappa shape index (κ1) is 32.6. The lowest BCUT2D eigenvalue weighted by molar-refractivity contribution is -0.134. The standard InChI is InChI=1S/C30H40N6O5S/c1-19(2)26-29(40)34-24(12-14-42-4)28(39)32-20(3)27(38)33-23(15-21-9-6-5-7-10-21)17-36(18-25(37)35-26)30(41)22-11-8-13-31-16-22/h5-11,13,16,19-20,23-24,26H,12,14-15,17-18H2,1-4H3,(H,32,39)(H,33,38)(H,34,40)(H,35,37)/t20-,23+,24-,26-/m0/s1. The molecule has 0 bridgehead atoms. The van der Waals surface area contributed by atoms with E-state index in [1.54, 1.807) is 39.1 Å². The van der Waals surface area contributed by atoms with Gasteiger partial charge in [-0.3, -0.25) is 29.0 Å². The maximum Gasteiger partial charge on any atom is 0.255 e. The van der Waals surface area contributed by atoms with E-state index in [9.17, 15) is 24.0 Å². The minimum absolute atomic E-state index is 0.00264. The Bertz CT molecular complexity index is 1230. The number of nitrogens with zero attached hydrogens (tertiary/aromatic N) is 2. The number of carbonyl (C=O) groups excluding carboxylic acids is 5. The Morgan fingerprint density at radius 3 is 2.36 bits per heavy atom. The highest BCUT2D eigenvalue weighted by Gasteiger charge is 2.32. The van der Waals surface area contributed by atoms with Crippen LogP contribution in [0.5, 0.6) is 0 Å². The fraction of sp³-hybridized carbons (Fsp3) is 0.467. The van der Waals surface area contributed by atoms with Crippen LogP contribution in [0.15, 0.2) is 54.9 Å². The molecule has 1 aliphatic rings. The molecule has 0 radical (unpaired) electrons. The average Bonchev–Trinajstić information content (AvgIpc) is 2.97. The van der Waals surface area contributed by atoms with Gasteiger partial charge < -0.3 is 26.2 Å². The average molecular weight is 597 g/mol. The smallest absolute Gasteiger partial charge is 0.255 e. The van der Waals surface area contributed by atoms with Crippen molar-refractivity contribution in [2.75, 3.05) is 25.1 Å². The molecule has 0 saturated carbocycles. The number of thioether (sulfide) groups is 1. The van der Waals surface area contributed by atoms with Crippen molar-refractivity contribution in [2.24, 2.45) is 5.92 Å². The zero-order valence-corrected chi connectivity index (χ0v) is 25.3. The summed E-state index contributed by atoms with van der Waals surface area (Å²) < 4.78 is 0. The SMILES string of the molecule is CSCC[C@@H]1NC(=O)[C@H](C(C)C)NC(=O)CN(C(=O)c2cccnc2)C[C@@H](Cc2ccccc2)NC(=O)[C@H](C)NC1=O. The van der Waals surface area contributed by atoms with E-state index in [-0.39, 0.29) is 24.6 Å². The number of rotatable bonds is 7. The molecule has 1 aliphatic heterocycles. The Balaban J connectivity index is 2.00. The summed E-state index contributed by atoms with van der Waals surface area (Å²) in [4.78, 5) is 72.2. The van der Waals surface area contributed by atoms with Gasteiger partial charge in [0.15, 0.2) is 0 Å². The van der Waals surface area contributed by atoms with Gasteiger partial charge in [0.1, 0.15) is 18.1 Å². The van der Waals surface area contributed by atoms with E-state index in [1.165, 1.54) is 22.9 Å². The number of amides is 5. The Morgan fingerprint density at radius 2 is 1.71 bits per heavy atom. The molecular weight excluding hydrogens is 556 g/mol. The zero-order chi connectivity index (χ0) is 30.6. The fourth-order valence-corrected chi connectivity index (χ4v) is 5.09. The topological polar surface area (TPSA) is 150 Å². The molecule has 1 fully saturated rings. The molecule has 2 heterocycles. The number of carbonyl (C=O) groups is 5. The summed E-state index contributed by atoms with van der Waals surface area (Å²) in [6.45, 7) is 4.79. The summed E-state index contributed by atoms with van der Waals surface area (Å²) in [5.74, 6) is -2.15. The summed E-state index contributed by atoms with van der Waals surface area (Å²) >= 11 is 1.53. The zero-order valence-electron chi connectivity index (χ0n) is 24.5. The maximum absolute atomic E-state index is 13.6. The van der Waals surface area contributed by atoms with Gasteiger partial charge in [0.25, 0.3) is 5.91 Å². The molecular formula is C30H40N6O5S. The summed E-state index contributed by atoms with van der Waals surface area (Å²) in [6.07, 6.45) is 5.57. The van der Waals surface area contributed by atoms with Crippen molar-refractivity contribution in [1.29, 1.82) is 0 Å². The Labute approximate surface area is 251 Å². The molecule has 4 N–H and O–H groups in total. The molecule has 42 heavy (non-hydrogen) atoms. The first-order valence-electron chi connectivity index (χ1n) is 14.0. The molecule has 12 heteroatoms. The van der Waals surface area contributed by atoms with Crippen LogP contribution in [0.25, 0.3) is 0 Å². The quantitative estimate of drug-likeness (QED) is 0.375. The van der Waals surface area contributed by atoms with E-state index < -0.39 is 53.7 Å². The summed E-state index contributed by atoms with van der Waals surface area (Å²) in [5, 5.41) is 11.2. The van der Waals surface area contributed by atoms with Crippen molar-refractivity contribution in [3.63, 3.8) is 0 Å². The third kappa shape index (κ3) is 9.57. The third-order valence-electron chi connectivity index (χ3n) is 6.90. The van der Waals surface area contributed by atoms with E-state index in [2.05, 4.69) is 26.3 Å². The largest absolute Gasteiger partial charge is 0.349 e. The molecule has 1 saturated heterocycles. The van der Waals surface area contributed by atoms with Crippen LogP contribution in [-0.2, 0) is 25.6 Å². The van der Waals surface area contributed by atoms with Crippen molar-refractivity contribution in [1.82, 2.24) is 31.2 Å². The van der Waals surface area contributed by atoms with Crippen LogP contribution >= 0.6 is 11.8 Å². The molecule has 1 aromatic heterocycles. The van der Waals surface area contributed by atoms with E-state index >= 15 is 0 Å². The second-order valence-corrected chi connectivity index (χ2v) is 11.7. The minimum atomic E-state index is -0.945.